The highest BCUT2D eigenvalue weighted by Crippen LogP contribution is 2.05. The average Bonchev–Trinajstić information content (AvgIpc) is 2.35. The Labute approximate surface area is 105 Å². The van der Waals surface area contributed by atoms with E-state index in [1.54, 1.807) is 0 Å². The Kier molecular flexibility index (Phi) is 6.93. The molecule has 6 heteroatoms. The van der Waals surface area contributed by atoms with E-state index in [0.29, 0.717) is 0 Å². The van der Waals surface area contributed by atoms with Crippen molar-refractivity contribution in [2.75, 3.05) is 0 Å². The maximum absolute atomic E-state index is 11.3. The lowest BCUT2D eigenvalue weighted by molar-refractivity contribution is -0.162. The molecule has 0 aromatic heterocycles. The van der Waals surface area contributed by atoms with Crippen molar-refractivity contribution in [2.24, 2.45) is 11.8 Å². The van der Waals surface area contributed by atoms with Crippen LogP contribution < -0.4 is 5.90 Å². The van der Waals surface area contributed by atoms with E-state index in [2.05, 4.69) is 10.7 Å². The summed E-state index contributed by atoms with van der Waals surface area (Å²) in [7, 11) is 0. The first-order chi connectivity index (χ1) is 7.65. The van der Waals surface area contributed by atoms with Gasteiger partial charge in [-0.15, -0.1) is 12.4 Å². The van der Waals surface area contributed by atoms with Gasteiger partial charge < -0.3 is 9.57 Å². The van der Waals surface area contributed by atoms with Crippen molar-refractivity contribution in [1.29, 1.82) is 0 Å². The zero-order valence-electron chi connectivity index (χ0n) is 9.29. The monoisotopic (exact) mass is 259 g/mol. The highest BCUT2D eigenvalue weighted by molar-refractivity contribution is 5.94. The first-order valence-electron chi connectivity index (χ1n) is 4.76. The molecule has 1 atom stereocenters. The van der Waals surface area contributed by atoms with Crippen molar-refractivity contribution in [1.82, 2.24) is 0 Å². The number of carbonyl (C=O) groups excluding carboxylic acids is 2. The second-order valence-electron chi connectivity index (χ2n) is 3.25. The number of nitrogens with two attached hydrogens (primary N) is 1. The fraction of sp³-hybridized carbons (Fsp3) is 0.273. The van der Waals surface area contributed by atoms with Crippen LogP contribution >= 0.6 is 12.4 Å². The predicted octanol–water partition coefficient (Wildman–Crippen LogP) is 1.20. The summed E-state index contributed by atoms with van der Waals surface area (Å²) in [5.74, 6) is 2.19. The van der Waals surface area contributed by atoms with E-state index in [0.717, 1.165) is 5.56 Å². The molecule has 0 aliphatic rings. The standard InChI is InChI=1S/C11H13NO4.ClH/c1-8(11(14)16-12)10(13)15-7-9-5-3-2-4-6-9;/h2-6,8H,7,12H2,1H3;1H. The minimum absolute atomic E-state index is 0. The third kappa shape index (κ3) is 4.84. The number of esters is 1. The van der Waals surface area contributed by atoms with Crippen LogP contribution in [0.15, 0.2) is 30.3 Å². The normalized spacial score (nSPS) is 10.9. The van der Waals surface area contributed by atoms with Gasteiger partial charge in [0, 0.05) is 0 Å². The number of ether oxygens (including phenoxy) is 1. The van der Waals surface area contributed by atoms with Gasteiger partial charge in [-0.25, -0.2) is 4.79 Å². The van der Waals surface area contributed by atoms with Crippen LogP contribution in [0.4, 0.5) is 0 Å². The third-order valence-electron chi connectivity index (χ3n) is 2.05. The van der Waals surface area contributed by atoms with Crippen molar-refractivity contribution in [3.05, 3.63) is 35.9 Å². The zero-order valence-corrected chi connectivity index (χ0v) is 10.1. The van der Waals surface area contributed by atoms with Crippen LogP contribution in [0.2, 0.25) is 0 Å². The second kappa shape index (κ2) is 7.65. The maximum Gasteiger partial charge on any atom is 0.338 e. The highest BCUT2D eigenvalue weighted by atomic mass is 35.5. The van der Waals surface area contributed by atoms with Crippen LogP contribution in [0.3, 0.4) is 0 Å². The molecule has 0 fully saturated rings. The first-order valence-corrected chi connectivity index (χ1v) is 4.76. The Morgan fingerprint density at radius 1 is 1.24 bits per heavy atom. The van der Waals surface area contributed by atoms with Gasteiger partial charge in [-0.05, 0) is 12.5 Å². The number of benzene rings is 1. The molecule has 1 aromatic carbocycles. The number of hydrogen-bond donors (Lipinski definition) is 1. The van der Waals surface area contributed by atoms with Gasteiger partial charge >= 0.3 is 11.9 Å². The van der Waals surface area contributed by atoms with E-state index < -0.39 is 17.9 Å². The van der Waals surface area contributed by atoms with E-state index in [4.69, 9.17) is 4.74 Å². The third-order valence-corrected chi connectivity index (χ3v) is 2.05. The Bertz CT molecular complexity index is 369. The van der Waals surface area contributed by atoms with E-state index in [-0.39, 0.29) is 19.0 Å². The summed E-state index contributed by atoms with van der Waals surface area (Å²) >= 11 is 0. The molecule has 1 rings (SSSR count). The molecule has 17 heavy (non-hydrogen) atoms. The number of rotatable bonds is 4. The molecular formula is C11H14ClNO4. The van der Waals surface area contributed by atoms with E-state index in [1.165, 1.54) is 6.92 Å². The van der Waals surface area contributed by atoms with E-state index in [9.17, 15) is 9.59 Å². The van der Waals surface area contributed by atoms with Gasteiger partial charge in [0.25, 0.3) is 0 Å². The van der Waals surface area contributed by atoms with Crippen molar-refractivity contribution >= 4 is 24.3 Å². The maximum atomic E-state index is 11.3. The topological polar surface area (TPSA) is 78.6 Å². The summed E-state index contributed by atoms with van der Waals surface area (Å²) in [5.41, 5.74) is 0.851. The number of halogens is 1. The lowest BCUT2D eigenvalue weighted by Crippen LogP contribution is -2.27. The minimum atomic E-state index is -1.01. The van der Waals surface area contributed by atoms with Crippen molar-refractivity contribution < 1.29 is 19.2 Å². The van der Waals surface area contributed by atoms with Gasteiger partial charge in [-0.2, -0.15) is 5.90 Å². The number of hydrogen-bond acceptors (Lipinski definition) is 5. The van der Waals surface area contributed by atoms with Crippen LogP contribution in [-0.2, 0) is 25.8 Å². The zero-order chi connectivity index (χ0) is 12.0. The molecule has 1 aromatic rings. The molecule has 94 valence electrons. The Balaban J connectivity index is 0.00000256. The lowest BCUT2D eigenvalue weighted by atomic mass is 10.2. The van der Waals surface area contributed by atoms with Gasteiger partial charge in [0.15, 0.2) is 5.92 Å². The second-order valence-corrected chi connectivity index (χ2v) is 3.25. The van der Waals surface area contributed by atoms with E-state index in [1.807, 2.05) is 30.3 Å². The Morgan fingerprint density at radius 3 is 2.35 bits per heavy atom. The van der Waals surface area contributed by atoms with Gasteiger partial charge in [0.1, 0.15) is 6.61 Å². The molecule has 0 amide bonds. The molecule has 0 aliphatic heterocycles. The van der Waals surface area contributed by atoms with Crippen LogP contribution in [0.1, 0.15) is 12.5 Å². The Hall–Kier alpha value is -1.59. The molecule has 0 saturated carbocycles. The van der Waals surface area contributed by atoms with Gasteiger partial charge in [-0.1, -0.05) is 30.3 Å². The molecular weight excluding hydrogens is 246 g/mol. The summed E-state index contributed by atoms with van der Waals surface area (Å²) in [6.07, 6.45) is 0. The molecule has 0 radical (unpaired) electrons. The predicted molar refractivity (Wildman–Crippen MR) is 62.9 cm³/mol. The van der Waals surface area contributed by atoms with Crippen molar-refractivity contribution in [3.63, 3.8) is 0 Å². The molecule has 0 saturated heterocycles. The summed E-state index contributed by atoms with van der Waals surface area (Å²) in [4.78, 5) is 26.2. The van der Waals surface area contributed by atoms with Crippen LogP contribution in [0.25, 0.3) is 0 Å². The molecule has 5 nitrogen and oxygen atoms in total. The smallest absolute Gasteiger partial charge is 0.338 e. The largest absolute Gasteiger partial charge is 0.460 e. The fourth-order valence-electron chi connectivity index (χ4n) is 1.05. The SMILES string of the molecule is CC(C(=O)ON)C(=O)OCc1ccccc1.Cl. The summed E-state index contributed by atoms with van der Waals surface area (Å²) < 4.78 is 4.92. The molecule has 0 spiro atoms. The summed E-state index contributed by atoms with van der Waals surface area (Å²) in [5, 5.41) is 0. The minimum Gasteiger partial charge on any atom is -0.460 e. The van der Waals surface area contributed by atoms with Gasteiger partial charge in [0.05, 0.1) is 0 Å². The molecule has 1 unspecified atom stereocenters. The van der Waals surface area contributed by atoms with Crippen LogP contribution in [0, 0.1) is 5.92 Å². The van der Waals surface area contributed by atoms with Crippen LogP contribution in [0.5, 0.6) is 0 Å². The fourth-order valence-corrected chi connectivity index (χ4v) is 1.05. The molecule has 0 bridgehead atoms. The average molecular weight is 260 g/mol. The van der Waals surface area contributed by atoms with E-state index >= 15 is 0 Å². The Morgan fingerprint density at radius 2 is 1.82 bits per heavy atom. The number of carbonyl (C=O) groups is 2. The molecule has 2 N–H and O–H groups in total. The first kappa shape index (κ1) is 15.4. The van der Waals surface area contributed by atoms with Gasteiger partial charge in [0.2, 0.25) is 0 Å². The van der Waals surface area contributed by atoms with Gasteiger partial charge in [-0.3, -0.25) is 4.79 Å². The lowest BCUT2D eigenvalue weighted by Gasteiger charge is -2.08. The highest BCUT2D eigenvalue weighted by Gasteiger charge is 2.24. The summed E-state index contributed by atoms with van der Waals surface area (Å²) in [6.45, 7) is 1.50. The molecule has 0 heterocycles. The quantitative estimate of drug-likeness (QED) is 0.499. The van der Waals surface area contributed by atoms with Crippen molar-refractivity contribution in [2.45, 2.75) is 13.5 Å². The van der Waals surface area contributed by atoms with Crippen LogP contribution in [-0.4, -0.2) is 11.9 Å². The van der Waals surface area contributed by atoms with Crippen molar-refractivity contribution in [3.8, 4) is 0 Å². The summed E-state index contributed by atoms with van der Waals surface area (Å²) in [6, 6.07) is 9.17. The molecule has 0 aliphatic carbocycles.